The van der Waals surface area contributed by atoms with Crippen molar-refractivity contribution in [2.75, 3.05) is 33.9 Å². The molecular formula is C21H29NO4. The largest absolute Gasteiger partial charge is 0.497 e. The van der Waals surface area contributed by atoms with E-state index in [4.69, 9.17) is 14.6 Å². The van der Waals surface area contributed by atoms with Crippen LogP contribution in [0.3, 0.4) is 0 Å². The summed E-state index contributed by atoms with van der Waals surface area (Å²) >= 11 is 0. The normalized spacial score (nSPS) is 43.2. The molecule has 1 aliphatic heterocycles. The lowest BCUT2D eigenvalue weighted by molar-refractivity contribution is -0.106. The van der Waals surface area contributed by atoms with Gasteiger partial charge in [0.05, 0.1) is 32.5 Å². The van der Waals surface area contributed by atoms with Crippen LogP contribution >= 0.6 is 0 Å². The number of aliphatic hydroxyl groups is 2. The summed E-state index contributed by atoms with van der Waals surface area (Å²) in [5, 5.41) is 20.3. The van der Waals surface area contributed by atoms with Gasteiger partial charge in [-0.05, 0) is 56.0 Å². The minimum atomic E-state index is -0.362. The molecule has 5 heteroatoms. The van der Waals surface area contributed by atoms with Gasteiger partial charge in [-0.1, -0.05) is 6.07 Å². The number of rotatable bonds is 4. The Morgan fingerprint density at radius 2 is 2.19 bits per heavy atom. The summed E-state index contributed by atoms with van der Waals surface area (Å²) < 4.78 is 11.5. The summed E-state index contributed by atoms with van der Waals surface area (Å²) in [5.74, 6) is 1.15. The Kier molecular flexibility index (Phi) is 3.71. The smallest absolute Gasteiger partial charge is 0.119 e. The Bertz CT molecular complexity index is 724. The monoisotopic (exact) mass is 359 g/mol. The number of methoxy groups -OCH3 is 1. The fourth-order valence-corrected chi connectivity index (χ4v) is 7.23. The molecule has 0 amide bonds. The van der Waals surface area contributed by atoms with Crippen molar-refractivity contribution in [2.24, 2.45) is 11.3 Å². The number of nitrogens with zero attached hydrogens (tertiary/aromatic N) is 1. The molecule has 26 heavy (non-hydrogen) atoms. The van der Waals surface area contributed by atoms with E-state index in [0.717, 1.165) is 31.6 Å². The number of ether oxygens (including phenoxy) is 2. The first-order chi connectivity index (χ1) is 12.5. The summed E-state index contributed by atoms with van der Waals surface area (Å²) in [6.45, 7) is 1.50. The predicted molar refractivity (Wildman–Crippen MR) is 97.4 cm³/mol. The standard InChI is InChI=1S/C21H29NO4/c1-22-12-20-9-13-3-4-14(25-2)7-16(13)21(11-20)10-15(26-6-5-23)8-17(24)18(21)19(20)22/h3-4,7,15,17-19,23-24H,5-6,8-12H2,1-2H3/t15-,17+,18+,19-,20?,21-/m0/s1. The summed E-state index contributed by atoms with van der Waals surface area (Å²) in [5.41, 5.74) is 3.04. The molecule has 4 aliphatic rings. The zero-order chi connectivity index (χ0) is 18.1. The van der Waals surface area contributed by atoms with Crippen LogP contribution in [0.1, 0.15) is 30.4 Å². The fourth-order valence-electron chi connectivity index (χ4n) is 7.23. The van der Waals surface area contributed by atoms with Gasteiger partial charge in [-0.2, -0.15) is 0 Å². The van der Waals surface area contributed by atoms with Crippen LogP contribution in [0.25, 0.3) is 0 Å². The lowest BCUT2D eigenvalue weighted by atomic mass is 9.58. The van der Waals surface area contributed by atoms with E-state index in [1.165, 1.54) is 11.1 Å². The quantitative estimate of drug-likeness (QED) is 0.850. The van der Waals surface area contributed by atoms with E-state index in [9.17, 15) is 5.11 Å². The van der Waals surface area contributed by atoms with E-state index in [1.807, 2.05) is 0 Å². The first-order valence-corrected chi connectivity index (χ1v) is 9.81. The summed E-state index contributed by atoms with van der Waals surface area (Å²) in [4.78, 5) is 2.45. The molecule has 2 N–H and O–H groups in total. The zero-order valence-corrected chi connectivity index (χ0v) is 15.6. The molecule has 1 saturated heterocycles. The maximum Gasteiger partial charge on any atom is 0.119 e. The fraction of sp³-hybridized carbons (Fsp3) is 0.714. The minimum Gasteiger partial charge on any atom is -0.497 e. The van der Waals surface area contributed by atoms with Gasteiger partial charge in [-0.3, -0.25) is 0 Å². The minimum absolute atomic E-state index is 0.00501. The van der Waals surface area contributed by atoms with Crippen LogP contribution in [-0.4, -0.2) is 67.3 Å². The second kappa shape index (κ2) is 5.68. The van der Waals surface area contributed by atoms with Crippen molar-refractivity contribution in [2.45, 2.75) is 49.3 Å². The van der Waals surface area contributed by atoms with E-state index >= 15 is 0 Å². The van der Waals surface area contributed by atoms with E-state index in [-0.39, 0.29) is 30.1 Å². The van der Waals surface area contributed by atoms with Crippen molar-refractivity contribution in [1.29, 1.82) is 0 Å². The number of fused-ring (bicyclic) bond motifs is 2. The molecule has 2 bridgehead atoms. The molecule has 0 radical (unpaired) electrons. The molecule has 1 unspecified atom stereocenters. The maximum atomic E-state index is 11.2. The lowest BCUT2D eigenvalue weighted by Gasteiger charge is -2.55. The molecule has 0 aromatic heterocycles. The second-order valence-corrected chi connectivity index (χ2v) is 9.00. The molecule has 1 aromatic carbocycles. The van der Waals surface area contributed by atoms with Crippen molar-refractivity contribution in [3.8, 4) is 5.75 Å². The number of likely N-dealkylation sites (tertiary alicyclic amines) is 1. The van der Waals surface area contributed by atoms with Crippen LogP contribution in [-0.2, 0) is 16.6 Å². The van der Waals surface area contributed by atoms with Crippen molar-refractivity contribution < 1.29 is 19.7 Å². The number of hydrogen-bond acceptors (Lipinski definition) is 5. The molecule has 5 nitrogen and oxygen atoms in total. The van der Waals surface area contributed by atoms with Gasteiger partial charge in [0.1, 0.15) is 5.75 Å². The first kappa shape index (κ1) is 17.0. The van der Waals surface area contributed by atoms with Crippen LogP contribution in [0.4, 0.5) is 0 Å². The second-order valence-electron chi connectivity index (χ2n) is 9.00. The van der Waals surface area contributed by atoms with Crippen LogP contribution in [0.15, 0.2) is 18.2 Å². The Balaban J connectivity index is 1.63. The van der Waals surface area contributed by atoms with Crippen LogP contribution in [0.2, 0.25) is 0 Å². The summed E-state index contributed by atoms with van der Waals surface area (Å²) in [7, 11) is 3.92. The van der Waals surface area contributed by atoms with Crippen LogP contribution < -0.4 is 4.74 Å². The maximum absolute atomic E-state index is 11.2. The molecule has 142 valence electrons. The number of aliphatic hydroxyl groups excluding tert-OH is 2. The molecular weight excluding hydrogens is 330 g/mol. The van der Waals surface area contributed by atoms with Gasteiger partial charge in [-0.25, -0.2) is 0 Å². The number of hydrogen-bond donors (Lipinski definition) is 2. The molecule has 5 rings (SSSR count). The Labute approximate surface area is 154 Å². The van der Waals surface area contributed by atoms with Gasteiger partial charge in [0.25, 0.3) is 0 Å². The Morgan fingerprint density at radius 1 is 1.35 bits per heavy atom. The van der Waals surface area contributed by atoms with E-state index in [1.54, 1.807) is 7.11 Å². The van der Waals surface area contributed by atoms with Gasteiger partial charge in [0, 0.05) is 29.3 Å². The van der Waals surface area contributed by atoms with Gasteiger partial charge < -0.3 is 24.6 Å². The molecule has 2 spiro atoms. The molecule has 6 atom stereocenters. The van der Waals surface area contributed by atoms with E-state index in [2.05, 4.69) is 30.1 Å². The molecule has 1 heterocycles. The van der Waals surface area contributed by atoms with Gasteiger partial charge in [0.15, 0.2) is 0 Å². The molecule has 2 saturated carbocycles. The number of benzene rings is 1. The van der Waals surface area contributed by atoms with E-state index < -0.39 is 0 Å². The Hall–Kier alpha value is -1.14. The van der Waals surface area contributed by atoms with Gasteiger partial charge >= 0.3 is 0 Å². The average molecular weight is 359 g/mol. The van der Waals surface area contributed by atoms with Crippen molar-refractivity contribution in [1.82, 2.24) is 4.90 Å². The third-order valence-electron chi connectivity index (χ3n) is 7.66. The highest BCUT2D eigenvalue weighted by molar-refractivity contribution is 5.49. The van der Waals surface area contributed by atoms with Crippen molar-refractivity contribution in [3.63, 3.8) is 0 Å². The predicted octanol–water partition coefficient (Wildman–Crippen LogP) is 1.34. The molecule has 3 aliphatic carbocycles. The van der Waals surface area contributed by atoms with Gasteiger partial charge in [-0.15, -0.1) is 0 Å². The third-order valence-corrected chi connectivity index (χ3v) is 7.66. The van der Waals surface area contributed by atoms with Gasteiger partial charge in [0.2, 0.25) is 0 Å². The Morgan fingerprint density at radius 3 is 2.92 bits per heavy atom. The molecule has 1 aromatic rings. The first-order valence-electron chi connectivity index (χ1n) is 9.81. The van der Waals surface area contributed by atoms with Crippen LogP contribution in [0.5, 0.6) is 5.75 Å². The molecule has 3 fully saturated rings. The topological polar surface area (TPSA) is 62.2 Å². The van der Waals surface area contributed by atoms with E-state index in [0.29, 0.717) is 24.5 Å². The average Bonchev–Trinajstić information content (AvgIpc) is 2.81. The highest BCUT2D eigenvalue weighted by atomic mass is 16.5. The van der Waals surface area contributed by atoms with Crippen LogP contribution in [0, 0.1) is 11.3 Å². The lowest BCUT2D eigenvalue weighted by Crippen LogP contribution is -2.64. The summed E-state index contributed by atoms with van der Waals surface area (Å²) in [6.07, 6.45) is 3.49. The summed E-state index contributed by atoms with van der Waals surface area (Å²) in [6, 6.07) is 6.97. The zero-order valence-electron chi connectivity index (χ0n) is 15.6. The van der Waals surface area contributed by atoms with Crippen molar-refractivity contribution >= 4 is 0 Å². The third kappa shape index (κ3) is 2.06. The highest BCUT2D eigenvalue weighted by Crippen LogP contribution is 2.69. The van der Waals surface area contributed by atoms with Crippen molar-refractivity contribution in [3.05, 3.63) is 29.3 Å². The SMILES string of the molecule is COc1ccc2c(c1)[C@@]13C[C@@H](OCCO)C[C@@H](O)[C@@H]1[C@@H]1N(C)CC1(C2)C3. The highest BCUT2D eigenvalue weighted by Gasteiger charge is 2.72.